The molecule has 0 unspecified atom stereocenters. The van der Waals surface area contributed by atoms with Gasteiger partial charge in [0.05, 0.1) is 11.3 Å². The number of ether oxygens (including phenoxy) is 2. The zero-order chi connectivity index (χ0) is 19.3. The molecular formula is C20H22BrNO4. The first-order valence-corrected chi connectivity index (χ1v) is 8.97. The summed E-state index contributed by atoms with van der Waals surface area (Å²) in [4.78, 5) is 24.7. The van der Waals surface area contributed by atoms with Crippen LogP contribution in [0.2, 0.25) is 0 Å². The molecule has 0 radical (unpaired) electrons. The predicted octanol–water partition coefficient (Wildman–Crippen LogP) is 5.46. The van der Waals surface area contributed by atoms with Crippen LogP contribution in [0.15, 0.2) is 46.9 Å². The van der Waals surface area contributed by atoms with Crippen LogP contribution in [-0.2, 0) is 16.1 Å². The Balaban J connectivity index is 2.21. The first-order valence-electron chi connectivity index (χ1n) is 8.17. The lowest BCUT2D eigenvalue weighted by Gasteiger charge is -2.21. The fourth-order valence-electron chi connectivity index (χ4n) is 2.26. The molecule has 26 heavy (non-hydrogen) atoms. The molecule has 0 bridgehead atoms. The van der Waals surface area contributed by atoms with Crippen molar-refractivity contribution < 1.29 is 19.1 Å². The molecule has 0 saturated carbocycles. The number of rotatable bonds is 4. The van der Waals surface area contributed by atoms with Crippen molar-refractivity contribution in [1.82, 2.24) is 0 Å². The second-order valence-corrected chi connectivity index (χ2v) is 7.64. The van der Waals surface area contributed by atoms with Crippen molar-refractivity contribution in [2.75, 3.05) is 5.32 Å². The van der Waals surface area contributed by atoms with Crippen LogP contribution in [0.5, 0.6) is 0 Å². The van der Waals surface area contributed by atoms with E-state index in [0.29, 0.717) is 16.8 Å². The maximum absolute atomic E-state index is 12.6. The van der Waals surface area contributed by atoms with E-state index in [9.17, 15) is 9.59 Å². The van der Waals surface area contributed by atoms with Crippen molar-refractivity contribution in [3.63, 3.8) is 0 Å². The van der Waals surface area contributed by atoms with E-state index in [-0.39, 0.29) is 6.61 Å². The van der Waals surface area contributed by atoms with Crippen LogP contribution < -0.4 is 5.32 Å². The van der Waals surface area contributed by atoms with Crippen molar-refractivity contribution in [1.29, 1.82) is 0 Å². The lowest BCUT2D eigenvalue weighted by molar-refractivity contribution is 0.0473. The number of anilines is 1. The Bertz CT molecular complexity index is 797. The standard InChI is InChI=1S/C20H22BrNO4/c1-13-15(21)10-11-16(22-19(24)26-20(2,3)4)17(13)18(23)25-12-14-8-6-5-7-9-14/h5-11H,12H2,1-4H3,(H,22,24). The highest BCUT2D eigenvalue weighted by atomic mass is 79.9. The summed E-state index contributed by atoms with van der Waals surface area (Å²) >= 11 is 3.41. The largest absolute Gasteiger partial charge is 0.457 e. The number of esters is 1. The van der Waals surface area contributed by atoms with Gasteiger partial charge in [0.15, 0.2) is 0 Å². The van der Waals surface area contributed by atoms with Crippen LogP contribution in [0.4, 0.5) is 10.5 Å². The Morgan fingerprint density at radius 1 is 1.08 bits per heavy atom. The van der Waals surface area contributed by atoms with Crippen LogP contribution >= 0.6 is 15.9 Å². The summed E-state index contributed by atoms with van der Waals surface area (Å²) in [6.45, 7) is 7.25. The molecule has 1 amide bonds. The molecule has 0 saturated heterocycles. The molecule has 0 fully saturated rings. The molecule has 2 rings (SSSR count). The molecule has 6 heteroatoms. The van der Waals surface area contributed by atoms with Gasteiger partial charge in [-0.2, -0.15) is 0 Å². The number of amides is 1. The number of carbonyl (C=O) groups excluding carboxylic acids is 2. The van der Waals surface area contributed by atoms with Gasteiger partial charge in [-0.3, -0.25) is 5.32 Å². The third-order valence-electron chi connectivity index (χ3n) is 3.45. The van der Waals surface area contributed by atoms with Crippen molar-refractivity contribution in [2.45, 2.75) is 39.9 Å². The fraction of sp³-hybridized carbons (Fsp3) is 0.300. The summed E-state index contributed by atoms with van der Waals surface area (Å²) in [5.74, 6) is -0.515. The van der Waals surface area contributed by atoms with Gasteiger partial charge in [-0.25, -0.2) is 9.59 Å². The zero-order valence-corrected chi connectivity index (χ0v) is 16.8. The minimum absolute atomic E-state index is 0.150. The molecule has 0 aliphatic heterocycles. The molecule has 0 spiro atoms. The van der Waals surface area contributed by atoms with Crippen LogP contribution in [0.25, 0.3) is 0 Å². The smallest absolute Gasteiger partial charge is 0.412 e. The number of halogens is 1. The maximum atomic E-state index is 12.6. The summed E-state index contributed by atoms with van der Waals surface area (Å²) in [6, 6.07) is 12.8. The van der Waals surface area contributed by atoms with Crippen LogP contribution in [0.1, 0.15) is 42.3 Å². The van der Waals surface area contributed by atoms with E-state index in [0.717, 1.165) is 10.0 Å². The Kier molecular flexibility index (Phi) is 6.42. The molecule has 0 aliphatic rings. The van der Waals surface area contributed by atoms with Gasteiger partial charge in [0.1, 0.15) is 12.2 Å². The first kappa shape index (κ1) is 20.0. The quantitative estimate of drug-likeness (QED) is 0.667. The van der Waals surface area contributed by atoms with E-state index < -0.39 is 17.7 Å². The van der Waals surface area contributed by atoms with Crippen LogP contribution in [0.3, 0.4) is 0 Å². The maximum Gasteiger partial charge on any atom is 0.412 e. The first-order chi connectivity index (χ1) is 12.2. The topological polar surface area (TPSA) is 64.6 Å². The van der Waals surface area contributed by atoms with Gasteiger partial charge < -0.3 is 9.47 Å². The van der Waals surface area contributed by atoms with Gasteiger partial charge >= 0.3 is 12.1 Å². The molecule has 0 aromatic heterocycles. The molecular weight excluding hydrogens is 398 g/mol. The molecule has 2 aromatic rings. The highest BCUT2D eigenvalue weighted by Crippen LogP contribution is 2.28. The van der Waals surface area contributed by atoms with E-state index >= 15 is 0 Å². The molecule has 1 N–H and O–H groups in total. The lowest BCUT2D eigenvalue weighted by atomic mass is 10.1. The minimum atomic E-state index is -0.636. The zero-order valence-electron chi connectivity index (χ0n) is 15.3. The summed E-state index contributed by atoms with van der Waals surface area (Å²) in [5, 5.41) is 2.63. The molecule has 138 valence electrons. The van der Waals surface area contributed by atoms with Crippen molar-refractivity contribution >= 4 is 33.7 Å². The summed E-state index contributed by atoms with van der Waals surface area (Å²) in [5.41, 5.74) is 1.56. The molecule has 5 nitrogen and oxygen atoms in total. The Morgan fingerprint density at radius 3 is 2.35 bits per heavy atom. The van der Waals surface area contributed by atoms with Crippen molar-refractivity contribution in [3.8, 4) is 0 Å². The van der Waals surface area contributed by atoms with E-state index in [1.54, 1.807) is 39.8 Å². The average Bonchev–Trinajstić information content (AvgIpc) is 2.55. The minimum Gasteiger partial charge on any atom is -0.457 e. The normalized spacial score (nSPS) is 11.0. The predicted molar refractivity (Wildman–Crippen MR) is 104 cm³/mol. The van der Waals surface area contributed by atoms with Crippen LogP contribution in [-0.4, -0.2) is 17.7 Å². The second-order valence-electron chi connectivity index (χ2n) is 6.78. The summed E-state index contributed by atoms with van der Waals surface area (Å²) < 4.78 is 11.4. The van der Waals surface area contributed by atoms with Crippen LogP contribution in [0, 0.1) is 6.92 Å². The number of nitrogens with one attached hydrogen (secondary N) is 1. The van der Waals surface area contributed by atoms with E-state index in [4.69, 9.17) is 9.47 Å². The number of carbonyl (C=O) groups is 2. The molecule has 2 aromatic carbocycles. The van der Waals surface area contributed by atoms with Crippen molar-refractivity contribution in [3.05, 3.63) is 63.6 Å². The average molecular weight is 420 g/mol. The number of hydrogen-bond acceptors (Lipinski definition) is 4. The third kappa shape index (κ3) is 5.59. The second kappa shape index (κ2) is 8.36. The molecule has 0 aliphatic carbocycles. The highest BCUT2D eigenvalue weighted by Gasteiger charge is 2.22. The number of benzene rings is 2. The van der Waals surface area contributed by atoms with Gasteiger partial charge in [0, 0.05) is 4.47 Å². The fourth-order valence-corrected chi connectivity index (χ4v) is 2.59. The summed E-state index contributed by atoms with van der Waals surface area (Å²) in [6.07, 6.45) is -0.628. The van der Waals surface area contributed by atoms with E-state index in [1.807, 2.05) is 30.3 Å². The van der Waals surface area contributed by atoms with E-state index in [2.05, 4.69) is 21.2 Å². The van der Waals surface area contributed by atoms with Gasteiger partial charge in [0.2, 0.25) is 0 Å². The van der Waals surface area contributed by atoms with Gasteiger partial charge in [-0.1, -0.05) is 46.3 Å². The number of hydrogen-bond donors (Lipinski definition) is 1. The molecule has 0 heterocycles. The lowest BCUT2D eigenvalue weighted by Crippen LogP contribution is -2.28. The Morgan fingerprint density at radius 2 is 1.73 bits per heavy atom. The SMILES string of the molecule is Cc1c(Br)ccc(NC(=O)OC(C)(C)C)c1C(=O)OCc1ccccc1. The Labute approximate surface area is 161 Å². The Hall–Kier alpha value is -2.34. The highest BCUT2D eigenvalue weighted by molar-refractivity contribution is 9.10. The van der Waals surface area contributed by atoms with Gasteiger partial charge in [-0.05, 0) is 51.0 Å². The van der Waals surface area contributed by atoms with Gasteiger partial charge in [-0.15, -0.1) is 0 Å². The van der Waals surface area contributed by atoms with Crippen molar-refractivity contribution in [2.24, 2.45) is 0 Å². The summed E-state index contributed by atoms with van der Waals surface area (Å²) in [7, 11) is 0. The third-order valence-corrected chi connectivity index (χ3v) is 4.31. The van der Waals surface area contributed by atoms with E-state index in [1.165, 1.54) is 0 Å². The van der Waals surface area contributed by atoms with Gasteiger partial charge in [0.25, 0.3) is 0 Å². The molecule has 0 atom stereocenters. The monoisotopic (exact) mass is 419 g/mol.